The molecule has 0 atom stereocenters. The average molecular weight is 359 g/mol. The van der Waals surface area contributed by atoms with Gasteiger partial charge in [-0.25, -0.2) is 4.39 Å². The van der Waals surface area contributed by atoms with E-state index in [9.17, 15) is 14.0 Å². The van der Waals surface area contributed by atoms with Gasteiger partial charge in [0.15, 0.2) is 0 Å². The molecule has 0 saturated heterocycles. The van der Waals surface area contributed by atoms with Crippen molar-refractivity contribution < 1.29 is 18.7 Å². The number of nitrogens with one attached hydrogen (secondary N) is 3. The number of hydrogen-bond donors (Lipinski definition) is 3. The average Bonchev–Trinajstić information content (AvgIpc) is 2.65. The van der Waals surface area contributed by atoms with Crippen molar-refractivity contribution in [2.45, 2.75) is 6.42 Å². The van der Waals surface area contributed by atoms with Crippen LogP contribution in [-0.4, -0.2) is 38.6 Å². The first kappa shape index (κ1) is 19.4. The van der Waals surface area contributed by atoms with E-state index < -0.39 is 5.82 Å². The quantitative estimate of drug-likeness (QED) is 0.602. The second kappa shape index (κ2) is 10.1. The molecule has 26 heavy (non-hydrogen) atoms. The van der Waals surface area contributed by atoms with Crippen molar-refractivity contribution in [1.82, 2.24) is 5.32 Å². The summed E-state index contributed by atoms with van der Waals surface area (Å²) in [5.74, 6) is -1.07. The highest BCUT2D eigenvalue weighted by Gasteiger charge is 2.08. The third-order valence-corrected chi connectivity index (χ3v) is 3.54. The van der Waals surface area contributed by atoms with Crippen molar-refractivity contribution in [1.29, 1.82) is 0 Å². The molecular formula is C19H22FN3O3. The third-order valence-electron chi connectivity index (χ3n) is 3.54. The summed E-state index contributed by atoms with van der Waals surface area (Å²) < 4.78 is 18.4. The number of carbonyl (C=O) groups is 2. The number of halogens is 1. The maximum absolute atomic E-state index is 13.5. The molecule has 0 aliphatic rings. The van der Waals surface area contributed by atoms with E-state index in [1.807, 2.05) is 0 Å². The minimum absolute atomic E-state index is 0.0484. The van der Waals surface area contributed by atoms with Gasteiger partial charge >= 0.3 is 0 Å². The molecule has 2 amide bonds. The lowest BCUT2D eigenvalue weighted by molar-refractivity contribution is -0.114. The zero-order chi connectivity index (χ0) is 18.8. The number of rotatable bonds is 9. The van der Waals surface area contributed by atoms with Crippen molar-refractivity contribution >= 4 is 23.2 Å². The van der Waals surface area contributed by atoms with Crippen molar-refractivity contribution in [2.24, 2.45) is 0 Å². The molecule has 0 aliphatic carbocycles. The minimum atomic E-state index is -0.493. The molecule has 7 heteroatoms. The second-order valence-electron chi connectivity index (χ2n) is 5.56. The lowest BCUT2D eigenvalue weighted by Gasteiger charge is -2.10. The van der Waals surface area contributed by atoms with Crippen LogP contribution in [0.2, 0.25) is 0 Å². The molecular weight excluding hydrogens is 337 g/mol. The summed E-state index contributed by atoms with van der Waals surface area (Å²) >= 11 is 0. The maximum Gasteiger partial charge on any atom is 0.251 e. The molecule has 0 fully saturated rings. The van der Waals surface area contributed by atoms with E-state index >= 15 is 0 Å². The summed E-state index contributed by atoms with van der Waals surface area (Å²) in [6.45, 7) is 1.06. The molecule has 2 aromatic carbocycles. The van der Waals surface area contributed by atoms with Gasteiger partial charge < -0.3 is 20.7 Å². The Hall–Kier alpha value is -2.93. The summed E-state index contributed by atoms with van der Waals surface area (Å²) in [5, 5.41) is 8.21. The first-order chi connectivity index (χ1) is 12.6. The van der Waals surface area contributed by atoms with Gasteiger partial charge in [-0.3, -0.25) is 9.59 Å². The predicted molar refractivity (Wildman–Crippen MR) is 98.8 cm³/mol. The fourth-order valence-electron chi connectivity index (χ4n) is 2.23. The standard InChI is InChI=1S/C19H22FN3O3/c1-26-11-5-10-21-19(25)14-6-4-7-15(12-14)22-13-18(24)23-17-9-3-2-8-16(17)20/h2-4,6-9,12,22H,5,10-11,13H2,1H3,(H,21,25)(H,23,24). The molecule has 0 spiro atoms. The largest absolute Gasteiger partial charge is 0.385 e. The lowest BCUT2D eigenvalue weighted by atomic mass is 10.2. The summed E-state index contributed by atoms with van der Waals surface area (Å²) in [7, 11) is 1.61. The van der Waals surface area contributed by atoms with Gasteiger partial charge in [-0.2, -0.15) is 0 Å². The number of anilines is 2. The Bertz CT molecular complexity index is 752. The van der Waals surface area contributed by atoms with E-state index in [0.717, 1.165) is 6.42 Å². The molecule has 0 aliphatic heterocycles. The van der Waals surface area contributed by atoms with Gasteiger partial charge in [-0.1, -0.05) is 18.2 Å². The Kier molecular flexibility index (Phi) is 7.57. The van der Waals surface area contributed by atoms with E-state index in [4.69, 9.17) is 4.74 Å². The van der Waals surface area contributed by atoms with Crippen molar-refractivity contribution in [2.75, 3.05) is 37.4 Å². The summed E-state index contributed by atoms with van der Waals surface area (Å²) in [6, 6.07) is 12.8. The number of carbonyl (C=O) groups excluding carboxylic acids is 2. The van der Waals surface area contributed by atoms with Gasteiger partial charge in [0.2, 0.25) is 5.91 Å². The van der Waals surface area contributed by atoms with Crippen LogP contribution in [0, 0.1) is 5.82 Å². The monoisotopic (exact) mass is 359 g/mol. The van der Waals surface area contributed by atoms with Crippen LogP contribution in [0.5, 0.6) is 0 Å². The van der Waals surface area contributed by atoms with Crippen LogP contribution in [-0.2, 0) is 9.53 Å². The Morgan fingerprint density at radius 1 is 1.12 bits per heavy atom. The topological polar surface area (TPSA) is 79.5 Å². The van der Waals surface area contributed by atoms with Crippen LogP contribution < -0.4 is 16.0 Å². The van der Waals surface area contributed by atoms with E-state index in [-0.39, 0.29) is 24.0 Å². The Morgan fingerprint density at radius 2 is 1.92 bits per heavy atom. The number of methoxy groups -OCH3 is 1. The first-order valence-corrected chi connectivity index (χ1v) is 8.25. The van der Waals surface area contributed by atoms with Crippen LogP contribution in [0.3, 0.4) is 0 Å². The molecule has 0 unspecified atom stereocenters. The van der Waals surface area contributed by atoms with Crippen LogP contribution in [0.25, 0.3) is 0 Å². The Balaban J connectivity index is 1.85. The zero-order valence-electron chi connectivity index (χ0n) is 14.5. The van der Waals surface area contributed by atoms with E-state index in [0.29, 0.717) is 24.4 Å². The molecule has 0 heterocycles. The highest BCUT2D eigenvalue weighted by Crippen LogP contribution is 2.13. The number of hydrogen-bond acceptors (Lipinski definition) is 4. The highest BCUT2D eigenvalue weighted by molar-refractivity contribution is 5.96. The molecule has 2 aromatic rings. The minimum Gasteiger partial charge on any atom is -0.385 e. The molecule has 2 rings (SSSR count). The smallest absolute Gasteiger partial charge is 0.251 e. The SMILES string of the molecule is COCCCNC(=O)c1cccc(NCC(=O)Nc2ccccc2F)c1. The van der Waals surface area contributed by atoms with E-state index in [1.54, 1.807) is 43.5 Å². The van der Waals surface area contributed by atoms with Gasteiger partial charge in [0, 0.05) is 31.5 Å². The normalized spacial score (nSPS) is 10.2. The van der Waals surface area contributed by atoms with E-state index in [2.05, 4.69) is 16.0 Å². The number of amides is 2. The molecule has 0 bridgehead atoms. The van der Waals surface area contributed by atoms with Gasteiger partial charge in [0.05, 0.1) is 12.2 Å². The molecule has 138 valence electrons. The molecule has 0 saturated carbocycles. The van der Waals surface area contributed by atoms with Gasteiger partial charge in [-0.15, -0.1) is 0 Å². The molecule has 0 aromatic heterocycles. The van der Waals surface area contributed by atoms with Gasteiger partial charge in [-0.05, 0) is 36.8 Å². The molecule has 3 N–H and O–H groups in total. The Labute approximate surface area is 151 Å². The number of para-hydroxylation sites is 1. The number of benzene rings is 2. The summed E-state index contributed by atoms with van der Waals surface area (Å²) in [5.41, 5.74) is 1.24. The van der Waals surface area contributed by atoms with E-state index in [1.165, 1.54) is 12.1 Å². The van der Waals surface area contributed by atoms with Crippen molar-refractivity contribution in [3.05, 3.63) is 59.9 Å². The van der Waals surface area contributed by atoms with Crippen LogP contribution >= 0.6 is 0 Å². The maximum atomic E-state index is 13.5. The fourth-order valence-corrected chi connectivity index (χ4v) is 2.23. The highest BCUT2D eigenvalue weighted by atomic mass is 19.1. The first-order valence-electron chi connectivity index (χ1n) is 8.25. The third kappa shape index (κ3) is 6.18. The number of ether oxygens (including phenoxy) is 1. The van der Waals surface area contributed by atoms with Crippen LogP contribution in [0.1, 0.15) is 16.8 Å². The van der Waals surface area contributed by atoms with Crippen LogP contribution in [0.4, 0.5) is 15.8 Å². The molecule has 6 nitrogen and oxygen atoms in total. The van der Waals surface area contributed by atoms with Gasteiger partial charge in [0.1, 0.15) is 5.82 Å². The van der Waals surface area contributed by atoms with Crippen molar-refractivity contribution in [3.63, 3.8) is 0 Å². The molecule has 0 radical (unpaired) electrons. The Morgan fingerprint density at radius 3 is 2.69 bits per heavy atom. The van der Waals surface area contributed by atoms with Crippen molar-refractivity contribution in [3.8, 4) is 0 Å². The zero-order valence-corrected chi connectivity index (χ0v) is 14.5. The van der Waals surface area contributed by atoms with Gasteiger partial charge in [0.25, 0.3) is 5.91 Å². The summed E-state index contributed by atoms with van der Waals surface area (Å²) in [6.07, 6.45) is 0.733. The second-order valence-corrected chi connectivity index (χ2v) is 5.56. The lowest BCUT2D eigenvalue weighted by Crippen LogP contribution is -2.25. The van der Waals surface area contributed by atoms with Crippen LogP contribution in [0.15, 0.2) is 48.5 Å². The predicted octanol–water partition coefficient (Wildman–Crippen LogP) is 2.64. The fraction of sp³-hybridized carbons (Fsp3) is 0.263. The summed E-state index contributed by atoms with van der Waals surface area (Å²) in [4.78, 5) is 24.0.